The van der Waals surface area contributed by atoms with Crippen LogP contribution >= 0.6 is 12.4 Å². The lowest BCUT2D eigenvalue weighted by molar-refractivity contribution is -0.127. The molecule has 1 aromatic carbocycles. The van der Waals surface area contributed by atoms with Crippen molar-refractivity contribution in [3.63, 3.8) is 0 Å². The Balaban J connectivity index is 0.00000161. The van der Waals surface area contributed by atoms with Crippen LogP contribution in [0.3, 0.4) is 0 Å². The Labute approximate surface area is 130 Å². The Morgan fingerprint density at radius 1 is 1.29 bits per heavy atom. The second-order valence-electron chi connectivity index (χ2n) is 5.44. The first kappa shape index (κ1) is 15.8. The molecule has 0 radical (unpaired) electrons. The Bertz CT molecular complexity index is 529. The molecule has 0 bridgehead atoms. The molecule has 5 nitrogen and oxygen atoms in total. The molecule has 2 unspecified atom stereocenters. The molecule has 2 aliphatic heterocycles. The highest BCUT2D eigenvalue weighted by atomic mass is 35.5. The van der Waals surface area contributed by atoms with Crippen LogP contribution in [0.1, 0.15) is 30.7 Å². The summed E-state index contributed by atoms with van der Waals surface area (Å²) in [4.78, 5) is 24.2. The van der Waals surface area contributed by atoms with Crippen molar-refractivity contribution in [1.82, 2.24) is 10.6 Å². The van der Waals surface area contributed by atoms with Crippen LogP contribution in [-0.2, 0) is 9.59 Å². The van der Waals surface area contributed by atoms with Gasteiger partial charge in [0, 0.05) is 24.7 Å². The summed E-state index contributed by atoms with van der Waals surface area (Å²) in [6, 6.07) is 7.70. The number of nitrogens with one attached hydrogen (secondary N) is 3. The Kier molecular flexibility index (Phi) is 5.20. The zero-order valence-electron chi connectivity index (χ0n) is 11.7. The van der Waals surface area contributed by atoms with E-state index in [1.807, 2.05) is 24.3 Å². The maximum atomic E-state index is 12.5. The maximum Gasteiger partial charge on any atom is 0.228 e. The van der Waals surface area contributed by atoms with Gasteiger partial charge in [0.1, 0.15) is 0 Å². The third-order valence-corrected chi connectivity index (χ3v) is 3.96. The zero-order chi connectivity index (χ0) is 13.9. The van der Waals surface area contributed by atoms with Gasteiger partial charge in [-0.3, -0.25) is 9.59 Å². The molecule has 1 saturated heterocycles. The first-order valence-electron chi connectivity index (χ1n) is 7.14. The van der Waals surface area contributed by atoms with Crippen LogP contribution < -0.4 is 16.0 Å². The monoisotopic (exact) mass is 309 g/mol. The number of amides is 2. The van der Waals surface area contributed by atoms with E-state index in [1.165, 1.54) is 0 Å². The maximum absolute atomic E-state index is 12.5. The summed E-state index contributed by atoms with van der Waals surface area (Å²) >= 11 is 0. The molecule has 0 saturated carbocycles. The summed E-state index contributed by atoms with van der Waals surface area (Å²) < 4.78 is 0. The minimum atomic E-state index is -0.373. The summed E-state index contributed by atoms with van der Waals surface area (Å²) in [5, 5.41) is 9.16. The van der Waals surface area contributed by atoms with Gasteiger partial charge in [0.05, 0.1) is 5.92 Å². The quantitative estimate of drug-likeness (QED) is 0.773. The molecule has 3 rings (SSSR count). The van der Waals surface area contributed by atoms with Gasteiger partial charge < -0.3 is 16.0 Å². The number of halogens is 1. The summed E-state index contributed by atoms with van der Waals surface area (Å²) in [5.41, 5.74) is 1.67. The SMILES string of the molecule is Cl.O=C1CC(C(=O)NC2CCCNC2)c2ccccc2N1. The smallest absolute Gasteiger partial charge is 0.228 e. The second-order valence-corrected chi connectivity index (χ2v) is 5.44. The molecule has 1 aromatic rings. The number of rotatable bonds is 2. The van der Waals surface area contributed by atoms with Crippen LogP contribution in [0.15, 0.2) is 24.3 Å². The molecule has 2 heterocycles. The Morgan fingerprint density at radius 2 is 2.10 bits per heavy atom. The fourth-order valence-electron chi connectivity index (χ4n) is 2.92. The van der Waals surface area contributed by atoms with Gasteiger partial charge >= 0.3 is 0 Å². The van der Waals surface area contributed by atoms with E-state index in [1.54, 1.807) is 0 Å². The van der Waals surface area contributed by atoms with E-state index in [-0.39, 0.29) is 42.6 Å². The molecule has 2 amide bonds. The van der Waals surface area contributed by atoms with E-state index >= 15 is 0 Å². The number of fused-ring (bicyclic) bond motifs is 1. The van der Waals surface area contributed by atoms with Crippen LogP contribution in [0.4, 0.5) is 5.69 Å². The van der Waals surface area contributed by atoms with Gasteiger partial charge in [0.25, 0.3) is 0 Å². The van der Waals surface area contributed by atoms with E-state index in [9.17, 15) is 9.59 Å². The lowest BCUT2D eigenvalue weighted by Gasteiger charge is -2.29. The Hall–Kier alpha value is -1.59. The van der Waals surface area contributed by atoms with Crippen LogP contribution in [0.5, 0.6) is 0 Å². The van der Waals surface area contributed by atoms with Gasteiger partial charge in [-0.05, 0) is 31.0 Å². The molecule has 2 atom stereocenters. The van der Waals surface area contributed by atoms with Crippen molar-refractivity contribution in [1.29, 1.82) is 0 Å². The van der Waals surface area contributed by atoms with Crippen molar-refractivity contribution in [2.24, 2.45) is 0 Å². The fraction of sp³-hybridized carbons (Fsp3) is 0.467. The molecule has 0 aromatic heterocycles. The van der Waals surface area contributed by atoms with Crippen LogP contribution in [0, 0.1) is 0 Å². The van der Waals surface area contributed by atoms with Crippen molar-refractivity contribution in [2.45, 2.75) is 31.2 Å². The summed E-state index contributed by atoms with van der Waals surface area (Å²) in [6.07, 6.45) is 2.30. The fourth-order valence-corrected chi connectivity index (χ4v) is 2.92. The topological polar surface area (TPSA) is 70.2 Å². The van der Waals surface area contributed by atoms with Gasteiger partial charge in [0.2, 0.25) is 11.8 Å². The summed E-state index contributed by atoms with van der Waals surface area (Å²) in [7, 11) is 0. The molecule has 6 heteroatoms. The second kappa shape index (κ2) is 6.91. The zero-order valence-corrected chi connectivity index (χ0v) is 12.5. The van der Waals surface area contributed by atoms with Crippen LogP contribution in [-0.4, -0.2) is 30.9 Å². The average Bonchev–Trinajstić information content (AvgIpc) is 2.47. The lowest BCUT2D eigenvalue weighted by atomic mass is 9.89. The van der Waals surface area contributed by atoms with E-state index in [0.717, 1.165) is 37.2 Å². The third-order valence-electron chi connectivity index (χ3n) is 3.96. The van der Waals surface area contributed by atoms with Crippen molar-refractivity contribution in [3.8, 4) is 0 Å². The Morgan fingerprint density at radius 3 is 2.86 bits per heavy atom. The van der Waals surface area contributed by atoms with Crippen LogP contribution in [0.25, 0.3) is 0 Å². The lowest BCUT2D eigenvalue weighted by Crippen LogP contribution is -2.47. The van der Waals surface area contributed by atoms with Crippen molar-refractivity contribution in [2.75, 3.05) is 18.4 Å². The number of anilines is 1. The number of benzene rings is 1. The van der Waals surface area contributed by atoms with Gasteiger partial charge in [-0.1, -0.05) is 18.2 Å². The van der Waals surface area contributed by atoms with Crippen molar-refractivity contribution in [3.05, 3.63) is 29.8 Å². The molecule has 1 fully saturated rings. The minimum Gasteiger partial charge on any atom is -0.352 e. The normalized spacial score (nSPS) is 24.3. The van der Waals surface area contributed by atoms with E-state index < -0.39 is 0 Å². The van der Waals surface area contributed by atoms with Crippen molar-refractivity contribution < 1.29 is 9.59 Å². The minimum absolute atomic E-state index is 0. The molecular formula is C15H20ClN3O2. The van der Waals surface area contributed by atoms with Gasteiger partial charge in [-0.2, -0.15) is 0 Å². The van der Waals surface area contributed by atoms with Gasteiger partial charge in [-0.25, -0.2) is 0 Å². The molecule has 21 heavy (non-hydrogen) atoms. The number of carbonyl (C=O) groups is 2. The van der Waals surface area contributed by atoms with Crippen molar-refractivity contribution >= 4 is 29.9 Å². The predicted octanol–water partition coefficient (Wildman–Crippen LogP) is 1.40. The highest BCUT2D eigenvalue weighted by molar-refractivity contribution is 6.01. The molecule has 0 aliphatic carbocycles. The molecular weight excluding hydrogens is 290 g/mol. The van der Waals surface area contributed by atoms with Gasteiger partial charge in [-0.15, -0.1) is 12.4 Å². The molecule has 2 aliphatic rings. The van der Waals surface area contributed by atoms with E-state index in [0.29, 0.717) is 0 Å². The summed E-state index contributed by atoms with van der Waals surface area (Å²) in [5.74, 6) is -0.506. The standard InChI is InChI=1S/C15H19N3O2.ClH/c19-14-8-12(11-5-1-2-6-13(11)18-14)15(20)17-10-4-3-7-16-9-10;/h1-2,5-6,10,12,16H,3-4,7-9H2,(H,17,20)(H,18,19);1H. The first-order valence-corrected chi connectivity index (χ1v) is 7.14. The molecule has 114 valence electrons. The number of hydrogen-bond donors (Lipinski definition) is 3. The predicted molar refractivity (Wildman–Crippen MR) is 83.7 cm³/mol. The average molecular weight is 310 g/mol. The van der Waals surface area contributed by atoms with Crippen LogP contribution in [0.2, 0.25) is 0 Å². The van der Waals surface area contributed by atoms with E-state index in [2.05, 4.69) is 16.0 Å². The van der Waals surface area contributed by atoms with E-state index in [4.69, 9.17) is 0 Å². The number of para-hydroxylation sites is 1. The highest BCUT2D eigenvalue weighted by Gasteiger charge is 2.31. The van der Waals surface area contributed by atoms with Gasteiger partial charge in [0.15, 0.2) is 0 Å². The number of hydrogen-bond acceptors (Lipinski definition) is 3. The first-order chi connectivity index (χ1) is 9.74. The highest BCUT2D eigenvalue weighted by Crippen LogP contribution is 2.32. The third kappa shape index (κ3) is 3.54. The number of piperidine rings is 1. The molecule has 0 spiro atoms. The number of carbonyl (C=O) groups excluding carboxylic acids is 2. The summed E-state index contributed by atoms with van der Waals surface area (Å²) in [6.45, 7) is 1.83. The molecule has 3 N–H and O–H groups in total. The largest absolute Gasteiger partial charge is 0.352 e.